The molecule has 4 heteroatoms. The Hall–Kier alpha value is -1.39. The van der Waals surface area contributed by atoms with Gasteiger partial charge in [0.25, 0.3) is 0 Å². The average Bonchev–Trinajstić information content (AvgIpc) is 3.05. The highest BCUT2D eigenvalue weighted by atomic mass is 16.4. The van der Waals surface area contributed by atoms with Crippen molar-refractivity contribution >= 4 is 5.97 Å². The molecule has 2 aliphatic heterocycles. The van der Waals surface area contributed by atoms with E-state index in [1.807, 2.05) is 30.3 Å². The molecule has 2 heterocycles. The number of aliphatic carboxylic acids is 1. The summed E-state index contributed by atoms with van der Waals surface area (Å²) in [5, 5.41) is 13.1. The van der Waals surface area contributed by atoms with Gasteiger partial charge in [-0.15, -0.1) is 0 Å². The summed E-state index contributed by atoms with van der Waals surface area (Å²) in [6.45, 7) is 6.05. The van der Waals surface area contributed by atoms with E-state index in [-0.39, 0.29) is 0 Å². The monoisotopic (exact) mass is 288 g/mol. The Kier molecular flexibility index (Phi) is 4.27. The van der Waals surface area contributed by atoms with Crippen LogP contribution in [0.25, 0.3) is 0 Å². The highest BCUT2D eigenvalue weighted by Gasteiger charge is 2.44. The number of fused-ring (bicyclic) bond motifs is 1. The Morgan fingerprint density at radius 2 is 2.14 bits per heavy atom. The molecule has 1 aromatic carbocycles. The van der Waals surface area contributed by atoms with E-state index in [9.17, 15) is 9.90 Å². The first kappa shape index (κ1) is 14.5. The quantitative estimate of drug-likeness (QED) is 0.867. The molecule has 0 aliphatic carbocycles. The van der Waals surface area contributed by atoms with Gasteiger partial charge in [-0.25, -0.2) is 0 Å². The number of hydrogen-bond donors (Lipinski definition) is 2. The van der Waals surface area contributed by atoms with Crippen LogP contribution in [0.5, 0.6) is 0 Å². The molecule has 1 aromatic rings. The van der Waals surface area contributed by atoms with Crippen LogP contribution in [0.2, 0.25) is 0 Å². The molecule has 2 fully saturated rings. The van der Waals surface area contributed by atoms with Crippen LogP contribution < -0.4 is 5.32 Å². The van der Waals surface area contributed by atoms with Crippen LogP contribution >= 0.6 is 0 Å². The van der Waals surface area contributed by atoms with Crippen molar-refractivity contribution in [2.45, 2.75) is 25.3 Å². The van der Waals surface area contributed by atoms with Crippen LogP contribution in [0, 0.1) is 11.8 Å². The Morgan fingerprint density at radius 1 is 1.38 bits per heavy atom. The third kappa shape index (κ3) is 2.83. The molecular weight excluding hydrogens is 264 g/mol. The van der Waals surface area contributed by atoms with Gasteiger partial charge >= 0.3 is 5.97 Å². The lowest BCUT2D eigenvalue weighted by molar-refractivity contribution is -0.139. The molecule has 0 saturated carbocycles. The summed E-state index contributed by atoms with van der Waals surface area (Å²) in [6, 6.07) is 10.2. The predicted molar refractivity (Wildman–Crippen MR) is 82.3 cm³/mol. The van der Waals surface area contributed by atoms with Crippen molar-refractivity contribution in [1.82, 2.24) is 10.2 Å². The average molecular weight is 288 g/mol. The van der Waals surface area contributed by atoms with Crippen molar-refractivity contribution in [1.29, 1.82) is 0 Å². The van der Waals surface area contributed by atoms with Gasteiger partial charge in [0, 0.05) is 19.1 Å². The zero-order valence-corrected chi connectivity index (χ0v) is 12.5. The summed E-state index contributed by atoms with van der Waals surface area (Å²) in [4.78, 5) is 14.1. The highest BCUT2D eigenvalue weighted by Crippen LogP contribution is 2.35. The first-order chi connectivity index (χ1) is 10.2. The highest BCUT2D eigenvalue weighted by molar-refractivity contribution is 5.76. The molecule has 114 valence electrons. The van der Waals surface area contributed by atoms with Crippen LogP contribution in [-0.2, 0) is 4.79 Å². The fraction of sp³-hybridized carbons (Fsp3) is 0.588. The number of nitrogens with one attached hydrogen (secondary N) is 1. The van der Waals surface area contributed by atoms with E-state index < -0.39 is 11.9 Å². The maximum Gasteiger partial charge on any atom is 0.312 e. The second-order valence-corrected chi connectivity index (χ2v) is 6.31. The minimum absolute atomic E-state index is 0.424. The van der Waals surface area contributed by atoms with E-state index in [1.165, 1.54) is 0 Å². The molecule has 0 bridgehead atoms. The van der Waals surface area contributed by atoms with Gasteiger partial charge < -0.3 is 10.4 Å². The van der Waals surface area contributed by atoms with Crippen molar-refractivity contribution in [3.8, 4) is 0 Å². The van der Waals surface area contributed by atoms with Gasteiger partial charge in [-0.1, -0.05) is 37.3 Å². The van der Waals surface area contributed by atoms with Crippen LogP contribution in [-0.4, -0.2) is 48.2 Å². The second kappa shape index (κ2) is 6.16. The third-order valence-electron chi connectivity index (χ3n) is 5.16. The normalized spacial score (nSPS) is 30.2. The Morgan fingerprint density at radius 3 is 2.81 bits per heavy atom. The molecular formula is C17H24N2O2. The molecule has 0 amide bonds. The SMILES string of the molecule is CCC1C2CNCC2CN1CC(C(=O)O)c1ccccc1. The molecule has 21 heavy (non-hydrogen) atoms. The molecule has 0 radical (unpaired) electrons. The molecule has 0 aromatic heterocycles. The topological polar surface area (TPSA) is 52.6 Å². The fourth-order valence-corrected chi connectivity index (χ4v) is 4.13. The summed E-state index contributed by atoms with van der Waals surface area (Å²) >= 11 is 0. The van der Waals surface area contributed by atoms with Crippen molar-refractivity contribution in [3.05, 3.63) is 35.9 Å². The van der Waals surface area contributed by atoms with Crippen LogP contribution in [0.4, 0.5) is 0 Å². The third-order valence-corrected chi connectivity index (χ3v) is 5.16. The molecule has 2 saturated heterocycles. The molecule has 4 nitrogen and oxygen atoms in total. The zero-order valence-electron chi connectivity index (χ0n) is 12.5. The summed E-state index contributed by atoms with van der Waals surface area (Å²) < 4.78 is 0. The van der Waals surface area contributed by atoms with Gasteiger partial charge in [-0.05, 0) is 36.9 Å². The first-order valence-electron chi connectivity index (χ1n) is 7.93. The predicted octanol–water partition coefficient (Wildman–Crippen LogP) is 1.78. The number of benzene rings is 1. The number of nitrogens with zero attached hydrogens (tertiary/aromatic N) is 1. The second-order valence-electron chi connectivity index (χ2n) is 6.31. The van der Waals surface area contributed by atoms with Crippen molar-refractivity contribution in [2.24, 2.45) is 11.8 Å². The largest absolute Gasteiger partial charge is 0.481 e. The van der Waals surface area contributed by atoms with Gasteiger partial charge in [0.05, 0.1) is 5.92 Å². The maximum atomic E-state index is 11.7. The molecule has 0 spiro atoms. The van der Waals surface area contributed by atoms with Gasteiger partial charge in [-0.2, -0.15) is 0 Å². The standard InChI is InChI=1S/C17H24N2O2/c1-2-16-14-9-18-8-13(14)10-19(16)11-15(17(20)21)12-6-4-3-5-7-12/h3-7,13-16,18H,2,8-11H2,1H3,(H,20,21). The van der Waals surface area contributed by atoms with Gasteiger partial charge in [0.2, 0.25) is 0 Å². The number of carboxylic acids is 1. The summed E-state index contributed by atoms with van der Waals surface area (Å²) in [5.74, 6) is 0.249. The Balaban J connectivity index is 1.76. The minimum Gasteiger partial charge on any atom is -0.481 e. The summed E-state index contributed by atoms with van der Waals surface area (Å²) in [7, 11) is 0. The van der Waals surface area contributed by atoms with Crippen LogP contribution in [0.3, 0.4) is 0 Å². The molecule has 2 N–H and O–H groups in total. The lowest BCUT2D eigenvalue weighted by atomic mass is 9.92. The van der Waals surface area contributed by atoms with Crippen molar-refractivity contribution in [2.75, 3.05) is 26.2 Å². The minimum atomic E-state index is -0.716. The smallest absolute Gasteiger partial charge is 0.312 e. The fourth-order valence-electron chi connectivity index (χ4n) is 4.13. The number of carboxylic acid groups (broad SMARTS) is 1. The lowest BCUT2D eigenvalue weighted by Crippen LogP contribution is -2.39. The molecule has 4 atom stereocenters. The van der Waals surface area contributed by atoms with Crippen molar-refractivity contribution in [3.63, 3.8) is 0 Å². The lowest BCUT2D eigenvalue weighted by Gasteiger charge is -2.29. The van der Waals surface area contributed by atoms with Gasteiger partial charge in [0.15, 0.2) is 0 Å². The molecule has 3 rings (SSSR count). The van der Waals surface area contributed by atoms with E-state index in [4.69, 9.17) is 0 Å². The van der Waals surface area contributed by atoms with E-state index in [0.717, 1.165) is 31.6 Å². The zero-order chi connectivity index (χ0) is 14.8. The Labute approximate surface area is 126 Å². The van der Waals surface area contributed by atoms with E-state index in [2.05, 4.69) is 17.1 Å². The number of carbonyl (C=O) groups is 1. The number of rotatable bonds is 5. The maximum absolute atomic E-state index is 11.7. The summed E-state index contributed by atoms with van der Waals surface area (Å²) in [5.41, 5.74) is 0.912. The van der Waals surface area contributed by atoms with Crippen LogP contribution in [0.1, 0.15) is 24.8 Å². The number of likely N-dealkylation sites (tertiary alicyclic amines) is 1. The summed E-state index contributed by atoms with van der Waals surface area (Å²) in [6.07, 6.45) is 1.10. The first-order valence-corrected chi connectivity index (χ1v) is 7.93. The van der Waals surface area contributed by atoms with E-state index in [0.29, 0.717) is 24.4 Å². The van der Waals surface area contributed by atoms with Gasteiger partial charge in [-0.3, -0.25) is 9.69 Å². The van der Waals surface area contributed by atoms with Crippen LogP contribution in [0.15, 0.2) is 30.3 Å². The van der Waals surface area contributed by atoms with E-state index in [1.54, 1.807) is 0 Å². The van der Waals surface area contributed by atoms with Gasteiger partial charge in [0.1, 0.15) is 0 Å². The molecule has 4 unspecified atom stereocenters. The van der Waals surface area contributed by atoms with E-state index >= 15 is 0 Å². The van der Waals surface area contributed by atoms with Crippen molar-refractivity contribution < 1.29 is 9.90 Å². The number of hydrogen-bond acceptors (Lipinski definition) is 3. The molecule has 2 aliphatic rings. The Bertz CT molecular complexity index is 491.